The number of hydrogen-bond donors (Lipinski definition) is 0. The average molecular weight is 334 g/mol. The van der Waals surface area contributed by atoms with Crippen molar-refractivity contribution in [3.8, 4) is 0 Å². The molecule has 0 amide bonds. The van der Waals surface area contributed by atoms with Crippen molar-refractivity contribution in [2.75, 3.05) is 20.2 Å². The predicted octanol–water partition coefficient (Wildman–Crippen LogP) is 3.33. The van der Waals surface area contributed by atoms with E-state index in [1.807, 2.05) is 32.7 Å². The van der Waals surface area contributed by atoms with Gasteiger partial charge in [0, 0.05) is 11.4 Å². The van der Waals surface area contributed by atoms with Crippen LogP contribution in [0.4, 0.5) is 0 Å². The molecule has 0 radical (unpaired) electrons. The van der Waals surface area contributed by atoms with Crippen LogP contribution in [-0.2, 0) is 16.0 Å². The van der Waals surface area contributed by atoms with E-state index in [1.165, 1.54) is 4.88 Å². The fourth-order valence-electron chi connectivity index (χ4n) is 1.51. The standard InChI is InChI=1S/C13H20BrNO2S/c1-5-17-12(16)13(2,3)15(4)9-8-10-6-7-11(14)18-10/h6-7H,5,8-9H2,1-4H3. The summed E-state index contributed by atoms with van der Waals surface area (Å²) >= 11 is 5.19. The molecule has 0 spiro atoms. The zero-order valence-corrected chi connectivity index (χ0v) is 13.7. The van der Waals surface area contributed by atoms with Crippen molar-refractivity contribution in [1.82, 2.24) is 4.90 Å². The number of nitrogens with zero attached hydrogens (tertiary/aromatic N) is 1. The highest BCUT2D eigenvalue weighted by Crippen LogP contribution is 2.23. The van der Waals surface area contributed by atoms with Crippen molar-refractivity contribution in [3.63, 3.8) is 0 Å². The maximum absolute atomic E-state index is 11.9. The third-order valence-corrected chi connectivity index (χ3v) is 4.74. The van der Waals surface area contributed by atoms with Crippen LogP contribution >= 0.6 is 27.3 Å². The first-order chi connectivity index (χ1) is 8.37. The Balaban J connectivity index is 2.53. The molecule has 0 saturated heterocycles. The summed E-state index contributed by atoms with van der Waals surface area (Å²) < 4.78 is 6.24. The number of halogens is 1. The normalized spacial score (nSPS) is 11.9. The molecule has 0 aliphatic heterocycles. The van der Waals surface area contributed by atoms with Crippen molar-refractivity contribution in [3.05, 3.63) is 20.8 Å². The summed E-state index contributed by atoms with van der Waals surface area (Å²) in [5.41, 5.74) is -0.579. The van der Waals surface area contributed by atoms with Crippen LogP contribution in [-0.4, -0.2) is 36.6 Å². The summed E-state index contributed by atoms with van der Waals surface area (Å²) in [6.45, 7) is 6.88. The first-order valence-corrected chi connectivity index (χ1v) is 7.61. The summed E-state index contributed by atoms with van der Waals surface area (Å²) in [6, 6.07) is 4.16. The maximum Gasteiger partial charge on any atom is 0.325 e. The van der Waals surface area contributed by atoms with E-state index in [1.54, 1.807) is 11.3 Å². The zero-order chi connectivity index (χ0) is 13.8. The highest BCUT2D eigenvalue weighted by atomic mass is 79.9. The predicted molar refractivity (Wildman–Crippen MR) is 79.1 cm³/mol. The van der Waals surface area contributed by atoms with Gasteiger partial charge >= 0.3 is 5.97 Å². The molecule has 5 heteroatoms. The van der Waals surface area contributed by atoms with E-state index in [-0.39, 0.29) is 5.97 Å². The molecule has 0 unspecified atom stereocenters. The number of esters is 1. The van der Waals surface area contributed by atoms with Crippen molar-refractivity contribution < 1.29 is 9.53 Å². The number of hydrogen-bond acceptors (Lipinski definition) is 4. The number of ether oxygens (including phenoxy) is 1. The molecule has 1 heterocycles. The van der Waals surface area contributed by atoms with E-state index >= 15 is 0 Å². The Bertz CT molecular complexity index is 403. The summed E-state index contributed by atoms with van der Waals surface area (Å²) in [6.07, 6.45) is 0.940. The zero-order valence-electron chi connectivity index (χ0n) is 11.3. The molecule has 102 valence electrons. The fourth-order valence-corrected chi connectivity index (χ4v) is 2.98. The van der Waals surface area contributed by atoms with Crippen LogP contribution in [0.5, 0.6) is 0 Å². The van der Waals surface area contributed by atoms with Gasteiger partial charge in [-0.1, -0.05) is 0 Å². The first-order valence-electron chi connectivity index (χ1n) is 6.00. The highest BCUT2D eigenvalue weighted by molar-refractivity contribution is 9.11. The molecule has 0 fully saturated rings. The molecule has 1 rings (SSSR count). The molecule has 0 aliphatic carbocycles. The first kappa shape index (κ1) is 15.7. The van der Waals surface area contributed by atoms with Crippen molar-refractivity contribution in [2.45, 2.75) is 32.7 Å². The molecule has 18 heavy (non-hydrogen) atoms. The summed E-state index contributed by atoms with van der Waals surface area (Å²) in [7, 11) is 1.96. The number of thiophene rings is 1. The van der Waals surface area contributed by atoms with E-state index in [0.29, 0.717) is 6.61 Å². The summed E-state index contributed by atoms with van der Waals surface area (Å²) in [4.78, 5) is 15.2. The second kappa shape index (κ2) is 6.68. The van der Waals surface area contributed by atoms with Gasteiger partial charge in [0.15, 0.2) is 0 Å². The number of carbonyl (C=O) groups is 1. The quantitative estimate of drug-likeness (QED) is 0.748. The Morgan fingerprint density at radius 2 is 2.17 bits per heavy atom. The van der Waals surface area contributed by atoms with Gasteiger partial charge in [0.25, 0.3) is 0 Å². The van der Waals surface area contributed by atoms with Gasteiger partial charge in [-0.2, -0.15) is 0 Å². The van der Waals surface area contributed by atoms with Crippen LogP contribution < -0.4 is 0 Å². The molecule has 0 atom stereocenters. The summed E-state index contributed by atoms with van der Waals surface area (Å²) in [5, 5.41) is 0. The van der Waals surface area contributed by atoms with E-state index in [2.05, 4.69) is 28.1 Å². The van der Waals surface area contributed by atoms with Crippen molar-refractivity contribution in [2.24, 2.45) is 0 Å². The average Bonchev–Trinajstić information content (AvgIpc) is 2.72. The molecule has 0 N–H and O–H groups in total. The molecular formula is C13H20BrNO2S. The van der Waals surface area contributed by atoms with Gasteiger partial charge in [0.05, 0.1) is 10.4 Å². The van der Waals surface area contributed by atoms with Crippen LogP contribution in [0.15, 0.2) is 15.9 Å². The lowest BCUT2D eigenvalue weighted by Gasteiger charge is -2.33. The van der Waals surface area contributed by atoms with E-state index in [9.17, 15) is 4.79 Å². The summed E-state index contributed by atoms with van der Waals surface area (Å²) in [5.74, 6) is -0.167. The molecule has 0 aliphatic rings. The maximum atomic E-state index is 11.9. The van der Waals surface area contributed by atoms with Crippen LogP contribution in [0.3, 0.4) is 0 Å². The Morgan fingerprint density at radius 1 is 1.50 bits per heavy atom. The van der Waals surface area contributed by atoms with Crippen LogP contribution in [0.1, 0.15) is 25.6 Å². The second-order valence-electron chi connectivity index (χ2n) is 4.66. The molecule has 0 bridgehead atoms. The Kier molecular flexibility index (Phi) is 5.82. The van der Waals surface area contributed by atoms with Gasteiger partial charge in [-0.25, -0.2) is 0 Å². The molecule has 0 saturated carbocycles. The number of carbonyl (C=O) groups excluding carboxylic acids is 1. The van der Waals surface area contributed by atoms with Crippen LogP contribution in [0.2, 0.25) is 0 Å². The lowest BCUT2D eigenvalue weighted by atomic mass is 10.0. The highest BCUT2D eigenvalue weighted by Gasteiger charge is 2.33. The Labute approximate surface area is 121 Å². The molecular weight excluding hydrogens is 314 g/mol. The SMILES string of the molecule is CCOC(=O)C(C)(C)N(C)CCc1ccc(Br)s1. The van der Waals surface area contributed by atoms with Gasteiger partial charge in [0.1, 0.15) is 5.54 Å². The van der Waals surface area contributed by atoms with Crippen LogP contribution in [0, 0.1) is 0 Å². The van der Waals surface area contributed by atoms with Crippen molar-refractivity contribution in [1.29, 1.82) is 0 Å². The largest absolute Gasteiger partial charge is 0.465 e. The fraction of sp³-hybridized carbons (Fsp3) is 0.615. The van der Waals surface area contributed by atoms with Gasteiger partial charge in [0.2, 0.25) is 0 Å². The second-order valence-corrected chi connectivity index (χ2v) is 7.20. The Hall–Kier alpha value is -0.390. The lowest BCUT2D eigenvalue weighted by molar-refractivity contribution is -0.154. The van der Waals surface area contributed by atoms with Gasteiger partial charge in [-0.05, 0) is 62.3 Å². The third kappa shape index (κ3) is 4.07. The molecule has 1 aromatic rings. The molecule has 0 aromatic carbocycles. The number of rotatable bonds is 6. The molecule has 1 aromatic heterocycles. The molecule has 3 nitrogen and oxygen atoms in total. The van der Waals surface area contributed by atoms with Gasteiger partial charge in [-0.3, -0.25) is 9.69 Å². The van der Waals surface area contributed by atoms with E-state index in [0.717, 1.165) is 16.8 Å². The minimum atomic E-state index is -0.579. The minimum absolute atomic E-state index is 0.167. The van der Waals surface area contributed by atoms with E-state index < -0.39 is 5.54 Å². The van der Waals surface area contributed by atoms with Crippen LogP contribution in [0.25, 0.3) is 0 Å². The lowest BCUT2D eigenvalue weighted by Crippen LogP contribution is -2.49. The third-order valence-electron chi connectivity index (χ3n) is 3.05. The number of likely N-dealkylation sites (N-methyl/N-ethyl adjacent to an activating group) is 1. The van der Waals surface area contributed by atoms with Gasteiger partial charge in [-0.15, -0.1) is 11.3 Å². The minimum Gasteiger partial charge on any atom is -0.465 e. The van der Waals surface area contributed by atoms with Gasteiger partial charge < -0.3 is 4.74 Å². The van der Waals surface area contributed by atoms with Crippen molar-refractivity contribution >= 4 is 33.2 Å². The van der Waals surface area contributed by atoms with E-state index in [4.69, 9.17) is 4.74 Å². The Morgan fingerprint density at radius 3 is 2.67 bits per heavy atom. The topological polar surface area (TPSA) is 29.5 Å². The smallest absolute Gasteiger partial charge is 0.325 e. The monoisotopic (exact) mass is 333 g/mol.